The molecule has 0 aromatic heterocycles. The van der Waals surface area contributed by atoms with Gasteiger partial charge in [0.15, 0.2) is 9.84 Å². The normalized spacial score (nSPS) is 18.5. The lowest BCUT2D eigenvalue weighted by Gasteiger charge is -2.11. The van der Waals surface area contributed by atoms with Crippen molar-refractivity contribution in [1.29, 1.82) is 0 Å². The fraction of sp³-hybridized carbons (Fsp3) is 0.222. The molecule has 1 saturated heterocycles. The highest BCUT2D eigenvalue weighted by Crippen LogP contribution is 2.13. The number of carbonyl (C=O) groups excluding carboxylic acids is 2. The number of hydrogen-bond acceptors (Lipinski definition) is 4. The van der Waals surface area contributed by atoms with Crippen LogP contribution in [0.3, 0.4) is 0 Å². The summed E-state index contributed by atoms with van der Waals surface area (Å²) in [5.41, 5.74) is 1.51. The number of para-hydroxylation sites is 1. The van der Waals surface area contributed by atoms with Crippen molar-refractivity contribution in [2.24, 2.45) is 0 Å². The topological polar surface area (TPSA) is 92.3 Å². The molecule has 130 valence electrons. The fourth-order valence-electron chi connectivity index (χ4n) is 2.68. The van der Waals surface area contributed by atoms with Crippen molar-refractivity contribution in [2.45, 2.75) is 12.5 Å². The maximum Gasteiger partial charge on any atom is 0.255 e. The Bertz CT molecular complexity index is 877. The summed E-state index contributed by atoms with van der Waals surface area (Å²) in [6.07, 6.45) is 0.436. The summed E-state index contributed by atoms with van der Waals surface area (Å²) in [5.74, 6) is -0.510. The van der Waals surface area contributed by atoms with Gasteiger partial charge in [-0.2, -0.15) is 0 Å². The number of sulfone groups is 1. The molecular formula is C18H18N2O4S. The molecule has 1 aliphatic rings. The van der Waals surface area contributed by atoms with Gasteiger partial charge in [0.25, 0.3) is 11.8 Å². The van der Waals surface area contributed by atoms with Crippen LogP contribution in [0.4, 0.5) is 5.69 Å². The second-order valence-corrected chi connectivity index (χ2v) is 8.20. The molecule has 7 heteroatoms. The van der Waals surface area contributed by atoms with Crippen LogP contribution in [0.1, 0.15) is 27.1 Å². The minimum Gasteiger partial charge on any atom is -0.348 e. The largest absolute Gasteiger partial charge is 0.348 e. The van der Waals surface area contributed by atoms with Gasteiger partial charge in [-0.05, 0) is 42.8 Å². The van der Waals surface area contributed by atoms with Crippen molar-refractivity contribution in [1.82, 2.24) is 5.32 Å². The quantitative estimate of drug-likeness (QED) is 0.872. The Balaban J connectivity index is 1.61. The third-order valence-electron chi connectivity index (χ3n) is 4.01. The molecule has 1 heterocycles. The molecule has 0 saturated carbocycles. The zero-order valence-electron chi connectivity index (χ0n) is 13.4. The standard InChI is InChI=1S/C18H18N2O4S/c21-17(19-15-4-2-1-3-5-15)13-6-8-14(9-7-13)18(22)20-16-10-11-25(23,24)12-16/h1-9,16H,10-12H2,(H,19,21)(H,20,22). The van der Waals surface area contributed by atoms with Crippen LogP contribution in [-0.2, 0) is 9.84 Å². The number of anilines is 1. The summed E-state index contributed by atoms with van der Waals surface area (Å²) in [6.45, 7) is 0. The van der Waals surface area contributed by atoms with Crippen molar-refractivity contribution < 1.29 is 18.0 Å². The van der Waals surface area contributed by atoms with E-state index in [1.165, 1.54) is 0 Å². The molecule has 0 spiro atoms. The average molecular weight is 358 g/mol. The molecule has 0 bridgehead atoms. The molecule has 1 fully saturated rings. The highest BCUT2D eigenvalue weighted by atomic mass is 32.2. The molecule has 1 unspecified atom stereocenters. The minimum atomic E-state index is -3.04. The van der Waals surface area contributed by atoms with Gasteiger partial charge in [0.2, 0.25) is 0 Å². The number of nitrogens with one attached hydrogen (secondary N) is 2. The highest BCUT2D eigenvalue weighted by molar-refractivity contribution is 7.91. The van der Waals surface area contributed by atoms with E-state index >= 15 is 0 Å². The van der Waals surface area contributed by atoms with Gasteiger partial charge >= 0.3 is 0 Å². The van der Waals surface area contributed by atoms with Crippen molar-refractivity contribution >= 4 is 27.3 Å². The third-order valence-corrected chi connectivity index (χ3v) is 5.78. The molecule has 25 heavy (non-hydrogen) atoms. The van der Waals surface area contributed by atoms with E-state index < -0.39 is 9.84 Å². The van der Waals surface area contributed by atoms with Crippen LogP contribution in [0.15, 0.2) is 54.6 Å². The Labute approximate surface area is 146 Å². The van der Waals surface area contributed by atoms with Gasteiger partial charge in [0, 0.05) is 22.9 Å². The van der Waals surface area contributed by atoms with Gasteiger partial charge in [-0.25, -0.2) is 8.42 Å². The monoisotopic (exact) mass is 358 g/mol. The van der Waals surface area contributed by atoms with Crippen LogP contribution in [0.25, 0.3) is 0 Å². The average Bonchev–Trinajstić information content (AvgIpc) is 2.94. The molecule has 2 N–H and O–H groups in total. The van der Waals surface area contributed by atoms with Gasteiger partial charge in [-0.3, -0.25) is 9.59 Å². The summed E-state index contributed by atoms with van der Waals surface area (Å²) in [5, 5.41) is 5.49. The molecule has 2 amide bonds. The van der Waals surface area contributed by atoms with E-state index in [0.29, 0.717) is 23.2 Å². The summed E-state index contributed by atoms with van der Waals surface area (Å²) >= 11 is 0. The Kier molecular flexibility index (Phi) is 4.85. The van der Waals surface area contributed by atoms with E-state index in [-0.39, 0.29) is 29.4 Å². The summed E-state index contributed by atoms with van der Waals surface area (Å²) in [7, 11) is -3.04. The van der Waals surface area contributed by atoms with Gasteiger partial charge < -0.3 is 10.6 Å². The Morgan fingerprint density at radius 3 is 2.04 bits per heavy atom. The van der Waals surface area contributed by atoms with E-state index in [9.17, 15) is 18.0 Å². The maximum atomic E-state index is 12.2. The SMILES string of the molecule is O=C(Nc1ccccc1)c1ccc(C(=O)NC2CCS(=O)(=O)C2)cc1. The number of amides is 2. The lowest BCUT2D eigenvalue weighted by molar-refractivity contribution is 0.0939. The summed E-state index contributed by atoms with van der Waals surface area (Å²) in [6, 6.07) is 15.0. The lowest BCUT2D eigenvalue weighted by atomic mass is 10.1. The van der Waals surface area contributed by atoms with Gasteiger partial charge in [0.1, 0.15) is 0 Å². The van der Waals surface area contributed by atoms with Crippen LogP contribution >= 0.6 is 0 Å². The van der Waals surface area contributed by atoms with Crippen molar-refractivity contribution in [3.8, 4) is 0 Å². The lowest BCUT2D eigenvalue weighted by Crippen LogP contribution is -2.35. The fourth-order valence-corrected chi connectivity index (χ4v) is 4.35. The minimum absolute atomic E-state index is 0.0176. The first-order chi connectivity index (χ1) is 11.9. The van der Waals surface area contributed by atoms with Crippen LogP contribution in [0.2, 0.25) is 0 Å². The van der Waals surface area contributed by atoms with Crippen LogP contribution in [-0.4, -0.2) is 37.8 Å². The van der Waals surface area contributed by atoms with Crippen LogP contribution in [0, 0.1) is 0 Å². The van der Waals surface area contributed by atoms with Gasteiger partial charge in [0.05, 0.1) is 11.5 Å². The second-order valence-electron chi connectivity index (χ2n) is 5.97. The first-order valence-electron chi connectivity index (χ1n) is 7.91. The van der Waals surface area contributed by atoms with E-state index in [0.717, 1.165) is 0 Å². The number of carbonyl (C=O) groups is 2. The van der Waals surface area contributed by atoms with E-state index in [1.807, 2.05) is 18.2 Å². The van der Waals surface area contributed by atoms with E-state index in [2.05, 4.69) is 10.6 Å². The Hall–Kier alpha value is -2.67. The molecule has 0 aliphatic carbocycles. The first kappa shape index (κ1) is 17.2. The maximum absolute atomic E-state index is 12.2. The van der Waals surface area contributed by atoms with E-state index in [4.69, 9.17) is 0 Å². The molecular weight excluding hydrogens is 340 g/mol. The van der Waals surface area contributed by atoms with Crippen molar-refractivity contribution in [2.75, 3.05) is 16.8 Å². The molecule has 0 radical (unpaired) electrons. The predicted molar refractivity (Wildman–Crippen MR) is 95.4 cm³/mol. The summed E-state index contributed by atoms with van der Waals surface area (Å²) < 4.78 is 22.9. The number of rotatable bonds is 4. The summed E-state index contributed by atoms with van der Waals surface area (Å²) in [4.78, 5) is 24.3. The molecule has 3 rings (SSSR count). The zero-order valence-corrected chi connectivity index (χ0v) is 14.3. The van der Waals surface area contributed by atoms with E-state index in [1.54, 1.807) is 36.4 Å². The molecule has 6 nitrogen and oxygen atoms in total. The Morgan fingerprint density at radius 1 is 0.880 bits per heavy atom. The molecule has 1 aliphatic heterocycles. The molecule has 1 atom stereocenters. The first-order valence-corrected chi connectivity index (χ1v) is 9.73. The van der Waals surface area contributed by atoms with Crippen LogP contribution < -0.4 is 10.6 Å². The molecule has 2 aromatic rings. The van der Waals surface area contributed by atoms with Crippen molar-refractivity contribution in [3.63, 3.8) is 0 Å². The third kappa shape index (κ3) is 4.45. The smallest absolute Gasteiger partial charge is 0.255 e. The molecule has 2 aromatic carbocycles. The number of hydrogen-bond donors (Lipinski definition) is 2. The van der Waals surface area contributed by atoms with Gasteiger partial charge in [-0.1, -0.05) is 18.2 Å². The second kappa shape index (κ2) is 7.06. The Morgan fingerprint density at radius 2 is 1.48 bits per heavy atom. The van der Waals surface area contributed by atoms with Crippen molar-refractivity contribution in [3.05, 3.63) is 65.7 Å². The van der Waals surface area contributed by atoms with Crippen LogP contribution in [0.5, 0.6) is 0 Å². The highest BCUT2D eigenvalue weighted by Gasteiger charge is 2.29. The predicted octanol–water partition coefficient (Wildman–Crippen LogP) is 1.86. The number of benzene rings is 2. The zero-order chi connectivity index (χ0) is 17.9. The van der Waals surface area contributed by atoms with Gasteiger partial charge in [-0.15, -0.1) is 0 Å².